The van der Waals surface area contributed by atoms with Crippen LogP contribution < -0.4 is 0 Å². The molecule has 2 aliphatic carbocycles. The van der Waals surface area contributed by atoms with Gasteiger partial charge in [0, 0.05) is 5.92 Å². The van der Waals surface area contributed by atoms with Crippen molar-refractivity contribution in [3.05, 3.63) is 0 Å². The topological polar surface area (TPSA) is 124 Å². The third kappa shape index (κ3) is 1.97. The Morgan fingerprint density at radius 2 is 2.05 bits per heavy atom. The first-order chi connectivity index (χ1) is 9.95. The van der Waals surface area contributed by atoms with Crippen molar-refractivity contribution in [2.24, 2.45) is 11.8 Å². The maximum absolute atomic E-state index is 13.3. The Balaban J connectivity index is 1.88. The Morgan fingerprint density at radius 3 is 2.59 bits per heavy atom. The van der Waals surface area contributed by atoms with Crippen LogP contribution in [0.1, 0.15) is 12.8 Å². The standard InChI is InChI=1S/C10H12F2O8S2/c11-10(12,22(16,17)18)4-19-9(3-13)5-1-6-7(2-5)21(14,15)20-8(6)9/h3,5-8H,1-2,4H2,(H,16,17,18). The molecule has 8 nitrogen and oxygen atoms in total. The maximum Gasteiger partial charge on any atom is 0.392 e. The number of alkyl halides is 2. The molecule has 0 aromatic rings. The first kappa shape index (κ1) is 16.2. The molecule has 5 atom stereocenters. The largest absolute Gasteiger partial charge is 0.392 e. The van der Waals surface area contributed by atoms with E-state index in [0.717, 1.165) is 0 Å². The van der Waals surface area contributed by atoms with Crippen molar-refractivity contribution in [2.45, 2.75) is 35.1 Å². The molecule has 0 spiro atoms. The molecule has 1 aliphatic heterocycles. The summed E-state index contributed by atoms with van der Waals surface area (Å²) in [6.07, 6.45) is -0.764. The zero-order valence-electron chi connectivity index (χ0n) is 10.9. The third-order valence-corrected chi connectivity index (χ3v) is 7.31. The van der Waals surface area contributed by atoms with Crippen LogP contribution in [-0.2, 0) is 34.0 Å². The van der Waals surface area contributed by atoms with Gasteiger partial charge in [-0.15, -0.1) is 0 Å². The van der Waals surface area contributed by atoms with Crippen molar-refractivity contribution in [2.75, 3.05) is 6.61 Å². The SMILES string of the molecule is O=CC1(OCC(F)(F)S(=O)(=O)O)C2CC3C1OS(=O)(=O)C3C2. The Hall–Kier alpha value is -0.690. The average Bonchev–Trinajstić information content (AvgIpc) is 2.97. The summed E-state index contributed by atoms with van der Waals surface area (Å²) >= 11 is 0. The molecule has 126 valence electrons. The first-order valence-corrected chi connectivity index (χ1v) is 9.23. The lowest BCUT2D eigenvalue weighted by atomic mass is 9.82. The molecule has 3 aliphatic rings. The van der Waals surface area contributed by atoms with Crippen LogP contribution in [-0.4, -0.2) is 56.5 Å². The average molecular weight is 362 g/mol. The molecule has 3 rings (SSSR count). The Bertz CT molecular complexity index is 717. The number of carbonyl (C=O) groups is 1. The number of hydrogen-bond donors (Lipinski definition) is 1. The Kier molecular flexibility index (Phi) is 3.26. The molecule has 0 aromatic carbocycles. The normalized spacial score (nSPS) is 42.7. The minimum absolute atomic E-state index is 0.0275. The molecule has 5 unspecified atom stereocenters. The van der Waals surface area contributed by atoms with Crippen molar-refractivity contribution in [1.82, 2.24) is 0 Å². The van der Waals surface area contributed by atoms with E-state index in [0.29, 0.717) is 0 Å². The van der Waals surface area contributed by atoms with Gasteiger partial charge in [0.05, 0.1) is 5.25 Å². The predicted octanol–water partition coefficient (Wildman–Crippen LogP) is -0.442. The smallest absolute Gasteiger partial charge is 0.357 e. The fourth-order valence-electron chi connectivity index (χ4n) is 3.66. The third-order valence-electron chi connectivity index (χ3n) is 4.68. The van der Waals surface area contributed by atoms with Gasteiger partial charge in [-0.2, -0.15) is 25.6 Å². The van der Waals surface area contributed by atoms with Gasteiger partial charge < -0.3 is 9.53 Å². The van der Waals surface area contributed by atoms with Crippen LogP contribution in [0, 0.1) is 11.8 Å². The number of rotatable bonds is 5. The lowest BCUT2D eigenvalue weighted by Crippen LogP contribution is -2.53. The van der Waals surface area contributed by atoms with E-state index in [-0.39, 0.29) is 19.1 Å². The van der Waals surface area contributed by atoms with E-state index in [2.05, 4.69) is 0 Å². The molecule has 1 saturated heterocycles. The predicted molar refractivity (Wildman–Crippen MR) is 65.0 cm³/mol. The van der Waals surface area contributed by atoms with Crippen LogP contribution in [0.15, 0.2) is 0 Å². The van der Waals surface area contributed by atoms with Crippen molar-refractivity contribution in [1.29, 1.82) is 0 Å². The molecule has 12 heteroatoms. The van der Waals surface area contributed by atoms with E-state index < -0.39 is 60.9 Å². The number of halogens is 2. The van der Waals surface area contributed by atoms with E-state index in [1.165, 1.54) is 0 Å². The van der Waals surface area contributed by atoms with Crippen LogP contribution in [0.25, 0.3) is 0 Å². The molecule has 1 N–H and O–H groups in total. The van der Waals surface area contributed by atoms with E-state index in [4.69, 9.17) is 13.5 Å². The molecular weight excluding hydrogens is 350 g/mol. The summed E-state index contributed by atoms with van der Waals surface area (Å²) < 4.78 is 89.4. The second-order valence-corrected chi connectivity index (χ2v) is 9.08. The number of aldehydes is 1. The van der Waals surface area contributed by atoms with Gasteiger partial charge in [-0.05, 0) is 18.8 Å². The summed E-state index contributed by atoms with van der Waals surface area (Å²) in [6.45, 7) is -1.77. The molecule has 0 amide bonds. The Morgan fingerprint density at radius 1 is 1.41 bits per heavy atom. The van der Waals surface area contributed by atoms with Gasteiger partial charge in [0.25, 0.3) is 10.1 Å². The van der Waals surface area contributed by atoms with Crippen molar-refractivity contribution in [3.8, 4) is 0 Å². The maximum atomic E-state index is 13.3. The number of carbonyl (C=O) groups excluding carboxylic acids is 1. The fourth-order valence-corrected chi connectivity index (χ4v) is 5.74. The number of ether oxygens (including phenoxy) is 1. The van der Waals surface area contributed by atoms with Crippen LogP contribution in [0.3, 0.4) is 0 Å². The van der Waals surface area contributed by atoms with Gasteiger partial charge >= 0.3 is 15.4 Å². The van der Waals surface area contributed by atoms with E-state index in [9.17, 15) is 30.4 Å². The Labute approximate surface area is 124 Å². The molecule has 1 heterocycles. The second-order valence-electron chi connectivity index (χ2n) is 5.75. The highest BCUT2D eigenvalue weighted by Crippen LogP contribution is 2.60. The zero-order valence-corrected chi connectivity index (χ0v) is 12.5. The quantitative estimate of drug-likeness (QED) is 0.396. The number of fused-ring (bicyclic) bond motifs is 1. The molecule has 2 saturated carbocycles. The van der Waals surface area contributed by atoms with Crippen molar-refractivity contribution in [3.63, 3.8) is 0 Å². The molecule has 2 bridgehead atoms. The summed E-state index contributed by atoms with van der Waals surface area (Å²) in [4.78, 5) is 11.4. The van der Waals surface area contributed by atoms with Gasteiger partial charge in [0.15, 0.2) is 11.9 Å². The summed E-state index contributed by atoms with van der Waals surface area (Å²) in [5, 5.41) is -5.40. The lowest BCUT2D eigenvalue weighted by molar-refractivity contribution is -0.168. The van der Waals surface area contributed by atoms with E-state index >= 15 is 0 Å². The molecule has 0 aromatic heterocycles. The van der Waals surface area contributed by atoms with E-state index in [1.807, 2.05) is 0 Å². The van der Waals surface area contributed by atoms with Gasteiger partial charge in [-0.25, -0.2) is 0 Å². The van der Waals surface area contributed by atoms with Crippen LogP contribution in [0.5, 0.6) is 0 Å². The van der Waals surface area contributed by atoms with Crippen LogP contribution in [0.4, 0.5) is 8.78 Å². The molecule has 22 heavy (non-hydrogen) atoms. The highest BCUT2D eigenvalue weighted by molar-refractivity contribution is 7.87. The summed E-state index contributed by atoms with van der Waals surface area (Å²) in [6, 6.07) is 0. The zero-order chi connectivity index (χ0) is 16.6. The van der Waals surface area contributed by atoms with Crippen LogP contribution in [0.2, 0.25) is 0 Å². The second kappa shape index (κ2) is 4.44. The van der Waals surface area contributed by atoms with E-state index in [1.54, 1.807) is 0 Å². The summed E-state index contributed by atoms with van der Waals surface area (Å²) in [5.41, 5.74) is -1.95. The summed E-state index contributed by atoms with van der Waals surface area (Å²) in [7, 11) is -9.60. The fraction of sp³-hybridized carbons (Fsp3) is 0.900. The van der Waals surface area contributed by atoms with Gasteiger partial charge in [0.2, 0.25) is 0 Å². The van der Waals surface area contributed by atoms with Gasteiger partial charge in [-0.3, -0.25) is 8.74 Å². The molecule has 3 fully saturated rings. The number of hydrogen-bond acceptors (Lipinski definition) is 7. The minimum Gasteiger partial charge on any atom is -0.357 e. The van der Waals surface area contributed by atoms with Crippen LogP contribution >= 0.6 is 0 Å². The van der Waals surface area contributed by atoms with Gasteiger partial charge in [-0.1, -0.05) is 0 Å². The monoisotopic (exact) mass is 362 g/mol. The minimum atomic E-state index is -5.71. The van der Waals surface area contributed by atoms with Crippen molar-refractivity contribution >= 4 is 26.5 Å². The highest BCUT2D eigenvalue weighted by Gasteiger charge is 2.72. The van der Waals surface area contributed by atoms with Crippen molar-refractivity contribution < 1.29 is 43.9 Å². The highest BCUT2D eigenvalue weighted by atomic mass is 32.2. The lowest BCUT2D eigenvalue weighted by Gasteiger charge is -2.35. The molecular formula is C10H12F2O8S2. The first-order valence-electron chi connectivity index (χ1n) is 6.32. The summed E-state index contributed by atoms with van der Waals surface area (Å²) in [5.74, 6) is -1.20. The van der Waals surface area contributed by atoms with Gasteiger partial charge in [0.1, 0.15) is 12.7 Å². The molecule has 0 radical (unpaired) electrons.